The van der Waals surface area contributed by atoms with Crippen molar-refractivity contribution in [3.8, 4) is 0 Å². The number of hydrogen-bond donors (Lipinski definition) is 4. The summed E-state index contributed by atoms with van der Waals surface area (Å²) in [5.74, 6) is 3.99. The van der Waals surface area contributed by atoms with Crippen molar-refractivity contribution in [1.29, 1.82) is 0 Å². The quantitative estimate of drug-likeness (QED) is 0.401. The number of rotatable bonds is 8. The molecule has 80 valence electrons. The van der Waals surface area contributed by atoms with Gasteiger partial charge in [0.2, 0.25) is 0 Å². The summed E-state index contributed by atoms with van der Waals surface area (Å²) in [5, 5.41) is 1.09. The maximum absolute atomic E-state index is 4.25. The Hall–Kier alpha value is 2.45. The maximum atomic E-state index is 4.25. The highest BCUT2D eigenvalue weighted by atomic mass is 33.1. The van der Waals surface area contributed by atoms with Gasteiger partial charge in [-0.25, -0.2) is 0 Å². The van der Waals surface area contributed by atoms with Crippen LogP contribution in [0.5, 0.6) is 0 Å². The number of thioether (sulfide) groups is 1. The molecular formula is C6H14S7. The average Bonchev–Trinajstić information content (AvgIpc) is 2.19. The van der Waals surface area contributed by atoms with Gasteiger partial charge >= 0.3 is 0 Å². The SMILES string of the molecule is SCC(CSCC(CS)SS)SS. The summed E-state index contributed by atoms with van der Waals surface area (Å²) in [6.45, 7) is 0. The molecule has 0 heterocycles. The van der Waals surface area contributed by atoms with Gasteiger partial charge in [-0.05, 0) is 0 Å². The van der Waals surface area contributed by atoms with Gasteiger partial charge in [-0.1, -0.05) is 21.6 Å². The van der Waals surface area contributed by atoms with Crippen molar-refractivity contribution in [1.82, 2.24) is 0 Å². The predicted molar refractivity (Wildman–Crippen MR) is 85.8 cm³/mol. The smallest absolute Gasteiger partial charge is 0.0327 e. The van der Waals surface area contributed by atoms with E-state index in [1.54, 1.807) is 21.6 Å². The first-order valence-corrected chi connectivity index (χ1v) is 9.96. The van der Waals surface area contributed by atoms with Crippen LogP contribution in [-0.4, -0.2) is 33.5 Å². The summed E-state index contributed by atoms with van der Waals surface area (Å²) in [6.07, 6.45) is 0. The second-order valence-electron chi connectivity index (χ2n) is 2.36. The van der Waals surface area contributed by atoms with Crippen LogP contribution in [0.1, 0.15) is 0 Å². The van der Waals surface area contributed by atoms with Gasteiger partial charge in [-0.15, -0.1) is 23.3 Å². The van der Waals surface area contributed by atoms with Crippen molar-refractivity contribution in [2.45, 2.75) is 10.5 Å². The van der Waals surface area contributed by atoms with E-state index in [0.29, 0.717) is 10.5 Å². The molecule has 2 unspecified atom stereocenters. The molecule has 0 nitrogen and oxygen atoms in total. The average molecular weight is 311 g/mol. The van der Waals surface area contributed by atoms with Crippen LogP contribution in [0.2, 0.25) is 0 Å². The molecule has 0 radical (unpaired) electrons. The first kappa shape index (κ1) is 15.4. The van der Waals surface area contributed by atoms with E-state index in [4.69, 9.17) is 0 Å². The van der Waals surface area contributed by atoms with E-state index in [1.165, 1.54) is 0 Å². The molecule has 0 aliphatic heterocycles. The second-order valence-corrected chi connectivity index (χ2v) is 7.18. The molecule has 2 atom stereocenters. The predicted octanol–water partition coefficient (Wildman–Crippen LogP) is 3.47. The Labute approximate surface area is 114 Å². The third kappa shape index (κ3) is 8.28. The van der Waals surface area contributed by atoms with E-state index in [2.05, 4.69) is 48.6 Å². The van der Waals surface area contributed by atoms with Crippen LogP contribution in [0, 0.1) is 0 Å². The Bertz CT molecular complexity index is 89.2. The molecule has 13 heavy (non-hydrogen) atoms. The lowest BCUT2D eigenvalue weighted by molar-refractivity contribution is 1.13. The van der Waals surface area contributed by atoms with Crippen molar-refractivity contribution < 1.29 is 0 Å². The van der Waals surface area contributed by atoms with E-state index >= 15 is 0 Å². The second kappa shape index (κ2) is 11.0. The van der Waals surface area contributed by atoms with Crippen LogP contribution < -0.4 is 0 Å². The summed E-state index contributed by atoms with van der Waals surface area (Å²) >= 11 is 18.8. The summed E-state index contributed by atoms with van der Waals surface area (Å²) < 4.78 is 0. The first-order chi connectivity index (χ1) is 6.28. The minimum absolute atomic E-state index is 0.544. The molecule has 0 N–H and O–H groups in total. The van der Waals surface area contributed by atoms with Crippen LogP contribution in [-0.2, 0) is 0 Å². The van der Waals surface area contributed by atoms with E-state index < -0.39 is 0 Å². The molecule has 0 spiro atoms. The highest BCUT2D eigenvalue weighted by Crippen LogP contribution is 2.25. The minimum Gasteiger partial charge on any atom is -0.178 e. The molecule has 0 saturated heterocycles. The van der Waals surface area contributed by atoms with Gasteiger partial charge in [0.25, 0.3) is 0 Å². The Morgan fingerprint density at radius 1 is 0.846 bits per heavy atom. The third-order valence-electron chi connectivity index (χ3n) is 1.31. The lowest BCUT2D eigenvalue weighted by atomic mass is 10.5. The molecule has 0 aliphatic rings. The molecule has 0 fully saturated rings. The summed E-state index contributed by atoms with van der Waals surface area (Å²) in [7, 11) is 3.18. The van der Waals surface area contributed by atoms with Crippen molar-refractivity contribution in [3.63, 3.8) is 0 Å². The normalized spacial score (nSPS) is 15.7. The Kier molecular flexibility index (Phi) is 13.0. The van der Waals surface area contributed by atoms with Crippen molar-refractivity contribution >= 4 is 81.9 Å². The van der Waals surface area contributed by atoms with Crippen LogP contribution >= 0.6 is 81.9 Å². The fourth-order valence-corrected chi connectivity index (χ4v) is 5.96. The zero-order valence-electron chi connectivity index (χ0n) is 7.00. The molecule has 7 heteroatoms. The lowest BCUT2D eigenvalue weighted by Gasteiger charge is -2.13. The van der Waals surface area contributed by atoms with Gasteiger partial charge in [0.1, 0.15) is 0 Å². The van der Waals surface area contributed by atoms with Gasteiger partial charge in [0, 0.05) is 33.5 Å². The maximum Gasteiger partial charge on any atom is 0.0327 e. The summed E-state index contributed by atoms with van der Waals surface area (Å²) in [4.78, 5) is 0. The fraction of sp³-hybridized carbons (Fsp3) is 1.00. The molecule has 0 aromatic rings. The van der Waals surface area contributed by atoms with Gasteiger partial charge in [0.05, 0.1) is 0 Å². The molecule has 0 saturated carbocycles. The molecule has 0 rings (SSSR count). The molecule has 0 aromatic heterocycles. The van der Waals surface area contributed by atoms with Crippen LogP contribution in [0.15, 0.2) is 0 Å². The Morgan fingerprint density at radius 2 is 1.23 bits per heavy atom. The molecular weight excluding hydrogens is 297 g/mol. The van der Waals surface area contributed by atoms with Crippen molar-refractivity contribution in [2.75, 3.05) is 23.0 Å². The molecule has 0 aliphatic carbocycles. The van der Waals surface area contributed by atoms with Crippen LogP contribution in [0.25, 0.3) is 0 Å². The standard InChI is InChI=1S/C6H14S7/c7-1-5(12-9)3-11-4-6(2-8)13-10/h5-10H,1-4H2. The van der Waals surface area contributed by atoms with E-state index in [1.807, 2.05) is 11.8 Å². The minimum atomic E-state index is 0.544. The highest BCUT2D eigenvalue weighted by molar-refractivity contribution is 8.69. The lowest BCUT2D eigenvalue weighted by Crippen LogP contribution is -2.11. The summed E-state index contributed by atoms with van der Waals surface area (Å²) in [5.41, 5.74) is 0. The summed E-state index contributed by atoms with van der Waals surface area (Å²) in [6, 6.07) is 0. The molecule has 0 aromatic carbocycles. The zero-order chi connectivity index (χ0) is 10.1. The van der Waals surface area contributed by atoms with E-state index in [0.717, 1.165) is 23.0 Å². The fourth-order valence-electron chi connectivity index (χ4n) is 0.564. The van der Waals surface area contributed by atoms with E-state index in [9.17, 15) is 0 Å². The van der Waals surface area contributed by atoms with E-state index in [-0.39, 0.29) is 0 Å². The van der Waals surface area contributed by atoms with Gasteiger partial charge in [-0.3, -0.25) is 0 Å². The largest absolute Gasteiger partial charge is 0.178 e. The zero-order valence-corrected chi connectivity index (χ0v) is 13.0. The highest BCUT2D eigenvalue weighted by Gasteiger charge is 2.09. The monoisotopic (exact) mass is 310 g/mol. The molecule has 0 bridgehead atoms. The van der Waals surface area contributed by atoms with Gasteiger partial charge < -0.3 is 0 Å². The molecule has 0 amide bonds. The van der Waals surface area contributed by atoms with Crippen LogP contribution in [0.3, 0.4) is 0 Å². The van der Waals surface area contributed by atoms with Gasteiger partial charge in [-0.2, -0.15) is 37.0 Å². The third-order valence-corrected chi connectivity index (χ3v) is 7.44. The van der Waals surface area contributed by atoms with Crippen molar-refractivity contribution in [2.24, 2.45) is 0 Å². The van der Waals surface area contributed by atoms with Gasteiger partial charge in [0.15, 0.2) is 0 Å². The topological polar surface area (TPSA) is 0 Å². The number of thiol groups is 4. The number of hydrogen-bond acceptors (Lipinski definition) is 7. The Morgan fingerprint density at radius 3 is 1.46 bits per heavy atom. The first-order valence-electron chi connectivity index (χ1n) is 3.68. The Balaban J connectivity index is 3.41. The van der Waals surface area contributed by atoms with Crippen molar-refractivity contribution in [3.05, 3.63) is 0 Å². The van der Waals surface area contributed by atoms with Crippen LogP contribution in [0.4, 0.5) is 0 Å².